The smallest absolute Gasteiger partial charge is 0.326 e. The molecular formula is C23H20N6O2S. The van der Waals surface area contributed by atoms with E-state index in [-0.39, 0.29) is 11.9 Å². The SMILES string of the molecule is O=C(NCc1ccccc1)c1ccnc(N2CCN(Cc3ccc4nsnc4c3)C2=O)c1. The van der Waals surface area contributed by atoms with E-state index in [1.54, 1.807) is 28.1 Å². The second kappa shape index (κ2) is 8.72. The third-order valence-electron chi connectivity index (χ3n) is 5.37. The molecule has 1 N–H and O–H groups in total. The fourth-order valence-corrected chi connectivity index (χ4v) is 4.19. The lowest BCUT2D eigenvalue weighted by Crippen LogP contribution is -2.32. The summed E-state index contributed by atoms with van der Waals surface area (Å²) in [7, 11) is 0. The van der Waals surface area contributed by atoms with Crippen molar-refractivity contribution in [3.8, 4) is 0 Å². The molecule has 3 amide bonds. The van der Waals surface area contributed by atoms with E-state index in [0.717, 1.165) is 22.2 Å². The van der Waals surface area contributed by atoms with E-state index < -0.39 is 0 Å². The summed E-state index contributed by atoms with van der Waals surface area (Å²) in [5.74, 6) is 0.273. The molecule has 0 radical (unpaired) electrons. The van der Waals surface area contributed by atoms with Crippen LogP contribution in [0, 0.1) is 0 Å². The molecule has 8 nitrogen and oxygen atoms in total. The highest BCUT2D eigenvalue weighted by atomic mass is 32.1. The lowest BCUT2D eigenvalue weighted by molar-refractivity contribution is 0.0950. The molecule has 2 aromatic carbocycles. The summed E-state index contributed by atoms with van der Waals surface area (Å²) in [6.07, 6.45) is 1.56. The Morgan fingerprint density at radius 3 is 2.69 bits per heavy atom. The van der Waals surface area contributed by atoms with Crippen LogP contribution in [-0.4, -0.2) is 43.7 Å². The molecule has 0 unspecified atom stereocenters. The number of pyridine rings is 1. The third-order valence-corrected chi connectivity index (χ3v) is 5.92. The van der Waals surface area contributed by atoms with Crippen LogP contribution in [0.15, 0.2) is 66.9 Å². The molecule has 0 bridgehead atoms. The van der Waals surface area contributed by atoms with E-state index in [1.165, 1.54) is 11.7 Å². The summed E-state index contributed by atoms with van der Waals surface area (Å²) >= 11 is 1.18. The van der Waals surface area contributed by atoms with Crippen molar-refractivity contribution in [2.24, 2.45) is 0 Å². The van der Waals surface area contributed by atoms with Gasteiger partial charge in [-0.1, -0.05) is 36.4 Å². The number of aromatic nitrogens is 3. The number of nitrogens with zero attached hydrogens (tertiary/aromatic N) is 5. The molecule has 5 rings (SSSR count). The van der Waals surface area contributed by atoms with Gasteiger partial charge in [-0.15, -0.1) is 0 Å². The minimum Gasteiger partial charge on any atom is -0.348 e. The normalized spacial score (nSPS) is 13.7. The predicted octanol–water partition coefficient (Wildman–Crippen LogP) is 3.46. The second-order valence-electron chi connectivity index (χ2n) is 7.51. The van der Waals surface area contributed by atoms with E-state index >= 15 is 0 Å². The molecule has 1 aliphatic rings. The third kappa shape index (κ3) is 4.15. The summed E-state index contributed by atoms with van der Waals surface area (Å²) in [5.41, 5.74) is 4.19. The first-order chi connectivity index (χ1) is 15.7. The van der Waals surface area contributed by atoms with Crippen LogP contribution in [0.2, 0.25) is 0 Å². The highest BCUT2D eigenvalue weighted by Crippen LogP contribution is 2.22. The van der Waals surface area contributed by atoms with Crippen LogP contribution in [0.5, 0.6) is 0 Å². The Morgan fingerprint density at radius 2 is 1.81 bits per heavy atom. The van der Waals surface area contributed by atoms with Crippen LogP contribution >= 0.6 is 11.7 Å². The largest absolute Gasteiger partial charge is 0.348 e. The van der Waals surface area contributed by atoms with E-state index in [2.05, 4.69) is 19.0 Å². The van der Waals surface area contributed by atoms with Crippen LogP contribution in [0.1, 0.15) is 21.5 Å². The molecule has 0 aliphatic carbocycles. The van der Waals surface area contributed by atoms with Gasteiger partial charge in [-0.25, -0.2) is 9.78 Å². The van der Waals surface area contributed by atoms with Gasteiger partial charge < -0.3 is 10.2 Å². The number of urea groups is 1. The molecule has 2 aromatic heterocycles. The maximum Gasteiger partial charge on any atom is 0.326 e. The number of nitrogens with one attached hydrogen (secondary N) is 1. The van der Waals surface area contributed by atoms with Crippen molar-refractivity contribution in [3.05, 3.63) is 83.6 Å². The number of amides is 3. The molecule has 160 valence electrons. The van der Waals surface area contributed by atoms with Gasteiger partial charge in [-0.2, -0.15) is 8.75 Å². The van der Waals surface area contributed by atoms with E-state index in [4.69, 9.17) is 0 Å². The fraction of sp³-hybridized carbons (Fsp3) is 0.174. The Balaban J connectivity index is 1.25. The molecule has 0 atom stereocenters. The van der Waals surface area contributed by atoms with E-state index in [9.17, 15) is 9.59 Å². The lowest BCUT2D eigenvalue weighted by Gasteiger charge is -2.18. The first-order valence-electron chi connectivity index (χ1n) is 10.2. The molecule has 4 aromatic rings. The summed E-state index contributed by atoms with van der Waals surface area (Å²) < 4.78 is 8.48. The molecule has 1 aliphatic heterocycles. The molecule has 0 spiro atoms. The van der Waals surface area contributed by atoms with Crippen molar-refractivity contribution in [3.63, 3.8) is 0 Å². The Bertz CT molecular complexity index is 1280. The van der Waals surface area contributed by atoms with Crippen LogP contribution in [0.25, 0.3) is 11.0 Å². The average molecular weight is 445 g/mol. The molecule has 9 heteroatoms. The summed E-state index contributed by atoms with van der Waals surface area (Å²) in [5, 5.41) is 2.91. The Labute approximate surface area is 188 Å². The van der Waals surface area contributed by atoms with Gasteiger partial charge >= 0.3 is 6.03 Å². The molecule has 32 heavy (non-hydrogen) atoms. The number of hydrogen-bond donors (Lipinski definition) is 1. The van der Waals surface area contributed by atoms with Crippen LogP contribution in [-0.2, 0) is 13.1 Å². The van der Waals surface area contributed by atoms with Gasteiger partial charge in [-0.05, 0) is 35.4 Å². The highest BCUT2D eigenvalue weighted by Gasteiger charge is 2.30. The van der Waals surface area contributed by atoms with Crippen molar-refractivity contribution in [2.45, 2.75) is 13.1 Å². The molecule has 0 saturated carbocycles. The molecule has 3 heterocycles. The minimum absolute atomic E-state index is 0.129. The first-order valence-corrected chi connectivity index (χ1v) is 11.0. The highest BCUT2D eigenvalue weighted by molar-refractivity contribution is 7.00. The van der Waals surface area contributed by atoms with Gasteiger partial charge in [0.2, 0.25) is 0 Å². The number of fused-ring (bicyclic) bond motifs is 1. The van der Waals surface area contributed by atoms with E-state index in [0.29, 0.717) is 37.6 Å². The van der Waals surface area contributed by atoms with E-state index in [1.807, 2.05) is 48.5 Å². The molecular weight excluding hydrogens is 424 g/mol. The van der Waals surface area contributed by atoms with Gasteiger partial charge in [0.05, 0.1) is 11.7 Å². The van der Waals surface area contributed by atoms with Crippen molar-refractivity contribution in [2.75, 3.05) is 18.0 Å². The van der Waals surface area contributed by atoms with Crippen LogP contribution < -0.4 is 10.2 Å². The molecule has 1 saturated heterocycles. The number of benzene rings is 2. The topological polar surface area (TPSA) is 91.3 Å². The van der Waals surface area contributed by atoms with Gasteiger partial charge in [0.15, 0.2) is 0 Å². The minimum atomic E-state index is -0.203. The number of carbonyl (C=O) groups is 2. The van der Waals surface area contributed by atoms with Crippen molar-refractivity contribution < 1.29 is 9.59 Å². The van der Waals surface area contributed by atoms with Crippen molar-refractivity contribution in [1.82, 2.24) is 23.9 Å². The monoisotopic (exact) mass is 444 g/mol. The van der Waals surface area contributed by atoms with Crippen LogP contribution in [0.3, 0.4) is 0 Å². The maximum absolute atomic E-state index is 13.0. The zero-order valence-corrected chi connectivity index (χ0v) is 18.0. The average Bonchev–Trinajstić information content (AvgIpc) is 3.44. The standard InChI is InChI=1S/C23H20N6O2S/c30-22(25-14-16-4-2-1-3-5-16)18-8-9-24-21(13-18)29-11-10-28(23(29)31)15-17-6-7-19-20(12-17)27-32-26-19/h1-9,12-13H,10-11,14-15H2,(H,25,30). The Morgan fingerprint density at radius 1 is 0.969 bits per heavy atom. The quantitative estimate of drug-likeness (QED) is 0.492. The number of carbonyl (C=O) groups excluding carboxylic acids is 2. The number of rotatable bonds is 6. The zero-order valence-electron chi connectivity index (χ0n) is 17.1. The van der Waals surface area contributed by atoms with Crippen molar-refractivity contribution >= 4 is 40.5 Å². The first kappa shape index (κ1) is 20.1. The summed E-state index contributed by atoms with van der Waals surface area (Å²) in [6, 6.07) is 18.8. The maximum atomic E-state index is 13.0. The zero-order chi connectivity index (χ0) is 21.9. The van der Waals surface area contributed by atoms with Gasteiger partial charge in [-0.3, -0.25) is 9.69 Å². The Kier molecular flexibility index (Phi) is 5.47. The number of hydrogen-bond acceptors (Lipinski definition) is 6. The lowest BCUT2D eigenvalue weighted by atomic mass is 10.2. The van der Waals surface area contributed by atoms with Gasteiger partial charge in [0.25, 0.3) is 5.91 Å². The van der Waals surface area contributed by atoms with Gasteiger partial charge in [0, 0.05) is 37.9 Å². The van der Waals surface area contributed by atoms with Gasteiger partial charge in [0.1, 0.15) is 16.9 Å². The predicted molar refractivity (Wildman–Crippen MR) is 122 cm³/mol. The number of anilines is 1. The molecule has 1 fully saturated rings. The Hall–Kier alpha value is -3.85. The summed E-state index contributed by atoms with van der Waals surface area (Å²) in [4.78, 5) is 33.3. The van der Waals surface area contributed by atoms with Crippen LogP contribution in [0.4, 0.5) is 10.6 Å². The summed E-state index contributed by atoms with van der Waals surface area (Å²) in [6.45, 7) is 2.02. The van der Waals surface area contributed by atoms with Crippen molar-refractivity contribution in [1.29, 1.82) is 0 Å². The fourth-order valence-electron chi connectivity index (χ4n) is 3.68. The second-order valence-corrected chi connectivity index (χ2v) is 8.04.